The van der Waals surface area contributed by atoms with Gasteiger partial charge in [-0.3, -0.25) is 4.79 Å². The maximum Gasteiger partial charge on any atom is 0.271 e. The molecule has 0 spiro atoms. The molecule has 8 heteroatoms. The number of hydrogen-bond donors (Lipinski definition) is 3. The summed E-state index contributed by atoms with van der Waals surface area (Å²) in [5.41, 5.74) is 7.31. The summed E-state index contributed by atoms with van der Waals surface area (Å²) >= 11 is 0. The van der Waals surface area contributed by atoms with Crippen molar-refractivity contribution in [2.75, 3.05) is 10.6 Å². The van der Waals surface area contributed by atoms with Crippen LogP contribution in [0.1, 0.15) is 30.8 Å². The van der Waals surface area contributed by atoms with Crippen molar-refractivity contribution < 1.29 is 9.59 Å². The van der Waals surface area contributed by atoms with E-state index in [2.05, 4.69) is 20.6 Å². The second kappa shape index (κ2) is 8.08. The number of nitrogens with two attached hydrogens (primary N) is 1. The summed E-state index contributed by atoms with van der Waals surface area (Å²) in [4.78, 5) is 31.7. The molecule has 0 bridgehead atoms. The van der Waals surface area contributed by atoms with Crippen LogP contribution in [0.3, 0.4) is 0 Å². The largest absolute Gasteiger partial charge is 0.364 e. The van der Waals surface area contributed by atoms with E-state index in [-0.39, 0.29) is 17.6 Å². The highest BCUT2D eigenvalue weighted by Crippen LogP contribution is 2.28. The van der Waals surface area contributed by atoms with Gasteiger partial charge >= 0.3 is 0 Å². The van der Waals surface area contributed by atoms with Gasteiger partial charge in [-0.05, 0) is 30.5 Å². The number of aldehydes is 1. The number of amides is 1. The van der Waals surface area contributed by atoms with Crippen molar-refractivity contribution in [1.82, 2.24) is 14.5 Å². The normalized spacial score (nSPS) is 12.1. The summed E-state index contributed by atoms with van der Waals surface area (Å²) in [5.74, 6) is 0.290. The fraction of sp³-hybridized carbons (Fsp3) is 0.300. The van der Waals surface area contributed by atoms with E-state index in [1.165, 1.54) is 6.20 Å². The Kier molecular flexibility index (Phi) is 5.58. The molecule has 8 nitrogen and oxygen atoms in total. The first-order chi connectivity index (χ1) is 13.4. The van der Waals surface area contributed by atoms with Crippen LogP contribution >= 0.6 is 0 Å². The van der Waals surface area contributed by atoms with Crippen LogP contribution in [0.2, 0.25) is 0 Å². The van der Waals surface area contributed by atoms with Gasteiger partial charge < -0.3 is 25.7 Å². The minimum absolute atomic E-state index is 0.0324. The van der Waals surface area contributed by atoms with Crippen LogP contribution in [0, 0.1) is 5.92 Å². The molecule has 0 saturated carbocycles. The van der Waals surface area contributed by atoms with Gasteiger partial charge in [0.25, 0.3) is 5.91 Å². The fourth-order valence-electron chi connectivity index (χ4n) is 3.11. The lowest BCUT2D eigenvalue weighted by Crippen LogP contribution is -2.24. The van der Waals surface area contributed by atoms with Gasteiger partial charge in [0.1, 0.15) is 12.1 Å². The number of hydrogen-bond acceptors (Lipinski definition) is 6. The van der Waals surface area contributed by atoms with Crippen LogP contribution in [0.5, 0.6) is 0 Å². The number of carbonyl (C=O) groups excluding carboxylic acids is 2. The van der Waals surface area contributed by atoms with Gasteiger partial charge in [-0.2, -0.15) is 0 Å². The molecule has 2 heterocycles. The summed E-state index contributed by atoms with van der Waals surface area (Å²) in [6, 6.07) is 7.39. The monoisotopic (exact) mass is 380 g/mol. The van der Waals surface area contributed by atoms with Gasteiger partial charge in [-0.15, -0.1) is 0 Å². The predicted octanol–water partition coefficient (Wildman–Crippen LogP) is 2.84. The maximum absolute atomic E-state index is 11.8. The van der Waals surface area contributed by atoms with E-state index < -0.39 is 5.91 Å². The summed E-state index contributed by atoms with van der Waals surface area (Å²) in [7, 11) is 1.96. The number of nitrogens with one attached hydrogen (secondary N) is 2. The van der Waals surface area contributed by atoms with Gasteiger partial charge in [0.05, 0.1) is 12.2 Å². The SMILES string of the molecule is CC(C)C[C@H](C=O)Nc1cnc(C(N)=O)c(Nc2cccc3c2ccn3C)n1. The maximum atomic E-state index is 11.8. The third-order valence-corrected chi connectivity index (χ3v) is 4.41. The molecule has 0 unspecified atom stereocenters. The lowest BCUT2D eigenvalue weighted by atomic mass is 10.1. The summed E-state index contributed by atoms with van der Waals surface area (Å²) in [6.45, 7) is 4.07. The minimum atomic E-state index is -0.684. The Balaban J connectivity index is 1.96. The molecule has 3 rings (SSSR count). The predicted molar refractivity (Wildman–Crippen MR) is 110 cm³/mol. The first-order valence-corrected chi connectivity index (χ1v) is 9.08. The lowest BCUT2D eigenvalue weighted by molar-refractivity contribution is -0.108. The number of aryl methyl sites for hydroxylation is 1. The lowest BCUT2D eigenvalue weighted by Gasteiger charge is -2.17. The molecular formula is C20H24N6O2. The van der Waals surface area contributed by atoms with E-state index in [1.807, 2.05) is 55.9 Å². The molecule has 4 N–H and O–H groups in total. The molecule has 0 aliphatic heterocycles. The van der Waals surface area contributed by atoms with Crippen molar-refractivity contribution in [2.24, 2.45) is 18.7 Å². The topological polar surface area (TPSA) is 115 Å². The molecule has 1 amide bonds. The van der Waals surface area contributed by atoms with Crippen molar-refractivity contribution in [1.29, 1.82) is 0 Å². The van der Waals surface area contributed by atoms with E-state index in [9.17, 15) is 9.59 Å². The van der Waals surface area contributed by atoms with Crippen LogP contribution in [0.15, 0.2) is 36.7 Å². The Morgan fingerprint density at radius 2 is 2.11 bits per heavy atom. The van der Waals surface area contributed by atoms with Gasteiger partial charge in [0, 0.05) is 29.8 Å². The molecule has 0 aliphatic carbocycles. The standard InChI is InChI=1S/C20H24N6O2/c1-12(2)9-13(11-27)23-17-10-22-18(19(21)28)20(25-17)24-15-5-4-6-16-14(15)7-8-26(16)3/h4-8,10-13H,9H2,1-3H3,(H2,21,28)(H2,23,24,25)/t13-/m1/s1. The second-order valence-electron chi connectivity index (χ2n) is 7.12. The van der Waals surface area contributed by atoms with Gasteiger partial charge in [-0.1, -0.05) is 19.9 Å². The third-order valence-electron chi connectivity index (χ3n) is 4.41. The number of rotatable bonds is 8. The van der Waals surface area contributed by atoms with Crippen molar-refractivity contribution in [3.05, 3.63) is 42.4 Å². The average Bonchev–Trinajstić information content (AvgIpc) is 3.03. The van der Waals surface area contributed by atoms with Gasteiger partial charge in [0.2, 0.25) is 0 Å². The van der Waals surface area contributed by atoms with Crippen LogP contribution in [-0.4, -0.2) is 32.8 Å². The third kappa shape index (κ3) is 4.11. The Labute approximate surface area is 163 Å². The molecule has 146 valence electrons. The highest BCUT2D eigenvalue weighted by Gasteiger charge is 2.17. The van der Waals surface area contributed by atoms with E-state index in [1.54, 1.807) is 0 Å². The Hall–Kier alpha value is -3.42. The number of carbonyl (C=O) groups is 2. The number of anilines is 3. The molecule has 0 aliphatic rings. The van der Waals surface area contributed by atoms with E-state index in [4.69, 9.17) is 5.73 Å². The summed E-state index contributed by atoms with van der Waals surface area (Å²) in [5, 5.41) is 7.20. The van der Waals surface area contributed by atoms with E-state index in [0.29, 0.717) is 18.2 Å². The molecule has 1 atom stereocenters. The zero-order valence-electron chi connectivity index (χ0n) is 16.1. The van der Waals surface area contributed by atoms with Crippen LogP contribution in [0.25, 0.3) is 10.9 Å². The molecule has 0 fully saturated rings. The highest BCUT2D eigenvalue weighted by atomic mass is 16.1. The Morgan fingerprint density at radius 3 is 2.79 bits per heavy atom. The van der Waals surface area contributed by atoms with Crippen LogP contribution in [-0.2, 0) is 11.8 Å². The number of nitrogens with zero attached hydrogens (tertiary/aromatic N) is 3. The molecule has 0 radical (unpaired) electrons. The quantitative estimate of drug-likeness (QED) is 0.518. The van der Waals surface area contributed by atoms with E-state index in [0.717, 1.165) is 22.9 Å². The summed E-state index contributed by atoms with van der Waals surface area (Å²) in [6.07, 6.45) is 4.87. The van der Waals surface area contributed by atoms with Crippen molar-refractivity contribution in [3.8, 4) is 0 Å². The van der Waals surface area contributed by atoms with E-state index >= 15 is 0 Å². The number of aromatic nitrogens is 3. The molecule has 28 heavy (non-hydrogen) atoms. The van der Waals surface area contributed by atoms with Crippen LogP contribution in [0.4, 0.5) is 17.3 Å². The summed E-state index contributed by atoms with van der Waals surface area (Å²) < 4.78 is 2.00. The first-order valence-electron chi connectivity index (χ1n) is 9.08. The molecule has 3 aromatic rings. The van der Waals surface area contributed by atoms with Gasteiger partial charge in [-0.25, -0.2) is 9.97 Å². The average molecular weight is 380 g/mol. The molecule has 1 aromatic carbocycles. The molecule has 0 saturated heterocycles. The highest BCUT2D eigenvalue weighted by molar-refractivity contribution is 5.99. The zero-order valence-corrected chi connectivity index (χ0v) is 16.1. The zero-order chi connectivity index (χ0) is 20.3. The van der Waals surface area contributed by atoms with Crippen LogP contribution < -0.4 is 16.4 Å². The minimum Gasteiger partial charge on any atom is -0.364 e. The fourth-order valence-corrected chi connectivity index (χ4v) is 3.11. The number of primary amides is 1. The van der Waals surface area contributed by atoms with Crippen molar-refractivity contribution in [3.63, 3.8) is 0 Å². The Morgan fingerprint density at radius 1 is 1.32 bits per heavy atom. The van der Waals surface area contributed by atoms with Gasteiger partial charge in [0.15, 0.2) is 11.5 Å². The molecule has 2 aromatic heterocycles. The number of benzene rings is 1. The second-order valence-corrected chi connectivity index (χ2v) is 7.12. The number of fused-ring (bicyclic) bond motifs is 1. The first kappa shape index (κ1) is 19.3. The van der Waals surface area contributed by atoms with Crippen molar-refractivity contribution in [2.45, 2.75) is 26.3 Å². The smallest absolute Gasteiger partial charge is 0.271 e. The molecular weight excluding hydrogens is 356 g/mol. The van der Waals surface area contributed by atoms with Crippen molar-refractivity contribution >= 4 is 40.4 Å². The Bertz CT molecular complexity index is 1010.